The van der Waals surface area contributed by atoms with Crippen LogP contribution in [0.5, 0.6) is 5.88 Å². The maximum absolute atomic E-state index is 12.3. The molecule has 4 nitrogen and oxygen atoms in total. The Morgan fingerprint density at radius 3 is 2.69 bits per heavy atom. The van der Waals surface area contributed by atoms with E-state index in [0.29, 0.717) is 15.7 Å². The quantitative estimate of drug-likeness (QED) is 0.681. The summed E-state index contributed by atoms with van der Waals surface area (Å²) in [6, 6.07) is 11.4. The molecular weight excluding hydrogens is 391 g/mol. The number of fused-ring (bicyclic) bond motifs is 1. The number of hydrogen-bond acceptors (Lipinski definition) is 4. The Morgan fingerprint density at radius 2 is 1.96 bits per heavy atom. The Balaban J connectivity index is 1.95. The topological polar surface area (TPSA) is 45.5 Å². The van der Waals surface area contributed by atoms with Crippen molar-refractivity contribution in [3.63, 3.8) is 0 Å². The maximum atomic E-state index is 12.3. The Labute approximate surface area is 164 Å². The van der Waals surface area contributed by atoms with Crippen LogP contribution in [0.4, 0.5) is 0 Å². The minimum atomic E-state index is -0.219. The third kappa shape index (κ3) is 2.95. The third-order valence-corrected chi connectivity index (χ3v) is 5.99. The van der Waals surface area contributed by atoms with E-state index >= 15 is 0 Å². The second-order valence-electron chi connectivity index (χ2n) is 6.46. The molecule has 1 aliphatic rings. The smallest absolute Gasteiger partial charge is 0.314 e. The predicted molar refractivity (Wildman–Crippen MR) is 106 cm³/mol. The van der Waals surface area contributed by atoms with Crippen molar-refractivity contribution >= 4 is 34.5 Å². The van der Waals surface area contributed by atoms with Crippen molar-refractivity contribution in [2.24, 2.45) is 0 Å². The number of para-hydroxylation sites is 1. The molecule has 4 rings (SSSR count). The van der Waals surface area contributed by atoms with Crippen molar-refractivity contribution in [2.45, 2.75) is 12.5 Å². The summed E-state index contributed by atoms with van der Waals surface area (Å²) in [6.07, 6.45) is 0. The van der Waals surface area contributed by atoms with Gasteiger partial charge in [-0.15, -0.1) is 0 Å². The molecule has 0 amide bonds. The molecule has 3 aromatic rings. The minimum Gasteiger partial charge on any atom is -0.494 e. The van der Waals surface area contributed by atoms with Crippen LogP contribution in [0.1, 0.15) is 22.6 Å². The normalized spacial score (nSPS) is 17.3. The highest BCUT2D eigenvalue weighted by atomic mass is 35.5. The van der Waals surface area contributed by atoms with Gasteiger partial charge in [0, 0.05) is 29.1 Å². The van der Waals surface area contributed by atoms with Gasteiger partial charge in [-0.2, -0.15) is 0 Å². The molecule has 26 heavy (non-hydrogen) atoms. The number of rotatable bonds is 2. The van der Waals surface area contributed by atoms with Crippen LogP contribution in [0.2, 0.25) is 10.0 Å². The first kappa shape index (κ1) is 17.6. The summed E-state index contributed by atoms with van der Waals surface area (Å²) in [7, 11) is 2.04. The van der Waals surface area contributed by atoms with Crippen LogP contribution < -0.4 is 4.87 Å². The van der Waals surface area contributed by atoms with Crippen LogP contribution in [0.3, 0.4) is 0 Å². The predicted octanol–water partition coefficient (Wildman–Crippen LogP) is 4.49. The van der Waals surface area contributed by atoms with E-state index in [-0.39, 0.29) is 16.7 Å². The average Bonchev–Trinajstić information content (AvgIpc) is 2.93. The number of aromatic hydroxyl groups is 1. The van der Waals surface area contributed by atoms with Gasteiger partial charge in [-0.3, -0.25) is 4.79 Å². The van der Waals surface area contributed by atoms with Gasteiger partial charge in [0.05, 0.1) is 11.1 Å². The van der Waals surface area contributed by atoms with Crippen molar-refractivity contribution in [1.82, 2.24) is 9.47 Å². The molecule has 134 valence electrons. The van der Waals surface area contributed by atoms with Crippen LogP contribution in [0, 0.1) is 0 Å². The van der Waals surface area contributed by atoms with Crippen LogP contribution in [0.15, 0.2) is 46.6 Å². The van der Waals surface area contributed by atoms with Gasteiger partial charge in [0.25, 0.3) is 0 Å². The third-order valence-electron chi connectivity index (χ3n) is 4.72. The summed E-state index contributed by atoms with van der Waals surface area (Å²) >= 11 is 13.7. The molecule has 1 aromatic heterocycles. The first-order valence-electron chi connectivity index (χ1n) is 8.11. The molecule has 0 bridgehead atoms. The van der Waals surface area contributed by atoms with Gasteiger partial charge in [-0.1, -0.05) is 52.7 Å². The van der Waals surface area contributed by atoms with Gasteiger partial charge in [-0.25, -0.2) is 4.57 Å². The van der Waals surface area contributed by atoms with E-state index in [4.69, 9.17) is 23.2 Å². The molecule has 7 heteroatoms. The van der Waals surface area contributed by atoms with Crippen molar-refractivity contribution in [1.29, 1.82) is 0 Å². The first-order valence-corrected chi connectivity index (χ1v) is 9.74. The van der Waals surface area contributed by atoms with Crippen LogP contribution in [0.25, 0.3) is 5.69 Å². The first-order chi connectivity index (χ1) is 12.5. The van der Waals surface area contributed by atoms with Gasteiger partial charge in [0.1, 0.15) is 0 Å². The second kappa shape index (κ2) is 6.74. The summed E-state index contributed by atoms with van der Waals surface area (Å²) in [4.78, 5) is 14.2. The Morgan fingerprint density at radius 1 is 1.19 bits per heavy atom. The van der Waals surface area contributed by atoms with Gasteiger partial charge < -0.3 is 10.0 Å². The summed E-state index contributed by atoms with van der Waals surface area (Å²) in [5, 5.41) is 12.9. The van der Waals surface area contributed by atoms with Crippen molar-refractivity contribution < 1.29 is 5.11 Å². The van der Waals surface area contributed by atoms with Crippen molar-refractivity contribution in [2.75, 3.05) is 13.6 Å². The van der Waals surface area contributed by atoms with Crippen LogP contribution in [-0.4, -0.2) is 28.2 Å². The Kier molecular flexibility index (Phi) is 4.57. The molecule has 1 N–H and O–H groups in total. The number of likely N-dealkylation sites (N-methyl/N-ethyl adjacent to an activating group) is 1. The molecule has 0 unspecified atom stereocenters. The molecule has 0 saturated heterocycles. The largest absolute Gasteiger partial charge is 0.494 e. The lowest BCUT2D eigenvalue weighted by Crippen LogP contribution is -2.32. The molecule has 0 fully saturated rings. The van der Waals surface area contributed by atoms with E-state index < -0.39 is 0 Å². The van der Waals surface area contributed by atoms with E-state index in [1.54, 1.807) is 6.07 Å². The van der Waals surface area contributed by atoms with E-state index in [2.05, 4.69) is 4.90 Å². The molecule has 2 heterocycles. The summed E-state index contributed by atoms with van der Waals surface area (Å²) < 4.78 is 1.35. The maximum Gasteiger partial charge on any atom is 0.314 e. The SMILES string of the molecule is CN1Cc2c(Cl)cc(Cl)cc2[C@H](c2ccccc2-n2c(O)csc2=O)C1. The number of benzene rings is 2. The Bertz CT molecular complexity index is 1040. The molecular formula is C19H16Cl2N2O2S. The zero-order valence-corrected chi connectivity index (χ0v) is 16.3. The lowest BCUT2D eigenvalue weighted by atomic mass is 9.84. The number of halogens is 2. The van der Waals surface area contributed by atoms with E-state index in [1.165, 1.54) is 9.95 Å². The van der Waals surface area contributed by atoms with Crippen LogP contribution >= 0.6 is 34.5 Å². The minimum absolute atomic E-state index is 0.0117. The fourth-order valence-corrected chi connectivity index (χ4v) is 4.80. The van der Waals surface area contributed by atoms with E-state index in [9.17, 15) is 9.90 Å². The van der Waals surface area contributed by atoms with Gasteiger partial charge in [0.2, 0.25) is 5.88 Å². The molecule has 1 aliphatic heterocycles. The monoisotopic (exact) mass is 406 g/mol. The number of hydrogen-bond donors (Lipinski definition) is 1. The lowest BCUT2D eigenvalue weighted by molar-refractivity contribution is 0.295. The highest BCUT2D eigenvalue weighted by Gasteiger charge is 2.29. The second-order valence-corrected chi connectivity index (χ2v) is 8.12. The summed E-state index contributed by atoms with van der Waals surface area (Å²) in [6.45, 7) is 1.51. The van der Waals surface area contributed by atoms with Gasteiger partial charge in [0.15, 0.2) is 0 Å². The number of thiazole rings is 1. The molecule has 0 radical (unpaired) electrons. The van der Waals surface area contributed by atoms with Gasteiger partial charge in [-0.05, 0) is 41.9 Å². The molecule has 0 spiro atoms. The highest BCUT2D eigenvalue weighted by Crippen LogP contribution is 2.40. The van der Waals surface area contributed by atoms with Crippen molar-refractivity contribution in [3.8, 4) is 11.6 Å². The lowest BCUT2D eigenvalue weighted by Gasteiger charge is -2.34. The highest BCUT2D eigenvalue weighted by molar-refractivity contribution is 7.07. The zero-order valence-electron chi connectivity index (χ0n) is 13.9. The fourth-order valence-electron chi connectivity index (χ4n) is 3.62. The molecule has 0 aliphatic carbocycles. The van der Waals surface area contributed by atoms with E-state index in [0.717, 1.165) is 41.1 Å². The summed E-state index contributed by atoms with van der Waals surface area (Å²) in [5.74, 6) is -0.0664. The van der Waals surface area contributed by atoms with Crippen LogP contribution in [-0.2, 0) is 6.54 Å². The molecule has 1 atom stereocenters. The molecule has 0 saturated carbocycles. The zero-order chi connectivity index (χ0) is 18.4. The van der Waals surface area contributed by atoms with Gasteiger partial charge >= 0.3 is 4.87 Å². The Hall–Kier alpha value is -1.79. The standard InChI is InChI=1S/C19H16Cl2N2O2S/c1-22-8-14(13-6-11(20)7-16(21)15(13)9-22)12-4-2-3-5-17(12)23-18(24)10-26-19(23)25/h2-7,10,14,24H,8-9H2,1H3/t14-/m0/s1. The molecule has 2 aromatic carbocycles. The average molecular weight is 407 g/mol. The fraction of sp³-hybridized carbons (Fsp3) is 0.211. The van der Waals surface area contributed by atoms with E-state index in [1.807, 2.05) is 37.4 Å². The number of aromatic nitrogens is 1. The van der Waals surface area contributed by atoms with Crippen molar-refractivity contribution in [3.05, 3.63) is 78.2 Å². The number of nitrogens with zero attached hydrogens (tertiary/aromatic N) is 2. The summed E-state index contributed by atoms with van der Waals surface area (Å²) in [5.41, 5.74) is 3.75.